The molecule has 0 bridgehead atoms. The Balaban J connectivity index is 2.60. The van der Waals surface area contributed by atoms with Gasteiger partial charge in [0.15, 0.2) is 0 Å². The molecular formula is C14H21NO3S. The van der Waals surface area contributed by atoms with Crippen LogP contribution in [-0.2, 0) is 21.3 Å². The number of carbonyl (C=O) groups excluding carboxylic acids is 1. The zero-order valence-electron chi connectivity index (χ0n) is 11.6. The maximum absolute atomic E-state index is 12.1. The molecule has 1 aromatic rings. The van der Waals surface area contributed by atoms with E-state index in [2.05, 4.69) is 5.32 Å². The first-order valence-corrected chi connectivity index (χ1v) is 7.74. The lowest BCUT2D eigenvalue weighted by molar-refractivity contribution is -0.120. The van der Waals surface area contributed by atoms with Crippen LogP contribution in [0.2, 0.25) is 0 Å². The van der Waals surface area contributed by atoms with Crippen molar-refractivity contribution >= 4 is 16.7 Å². The maximum atomic E-state index is 12.1. The summed E-state index contributed by atoms with van der Waals surface area (Å²) in [4.78, 5) is 11.7. The average molecular weight is 283 g/mol. The first kappa shape index (κ1) is 15.7. The fourth-order valence-corrected chi connectivity index (χ4v) is 2.64. The lowest BCUT2D eigenvalue weighted by Crippen LogP contribution is -2.36. The minimum atomic E-state index is -1.23. The molecule has 0 radical (unpaired) electrons. The monoisotopic (exact) mass is 283 g/mol. The summed E-state index contributed by atoms with van der Waals surface area (Å²) in [5.74, 6) is 0.943. The Bertz CT molecular complexity index is 448. The van der Waals surface area contributed by atoms with Crippen molar-refractivity contribution in [3.05, 3.63) is 29.8 Å². The van der Waals surface area contributed by atoms with E-state index in [1.807, 2.05) is 31.2 Å². The SMILES string of the molecule is CCCNC(=O)[C@@H](C)[S@@](=O)Cc1cccc(OC)c1. The number of ether oxygens (including phenoxy) is 1. The number of amides is 1. The standard InChI is InChI=1S/C14H21NO3S/c1-4-8-15-14(16)11(2)19(17)10-12-6-5-7-13(9-12)18-3/h5-7,9,11H,4,8,10H2,1-3H3,(H,15,16)/t11-,19+/m1/s1. The van der Waals surface area contributed by atoms with Crippen LogP contribution in [0.5, 0.6) is 5.75 Å². The van der Waals surface area contributed by atoms with Crippen LogP contribution < -0.4 is 10.1 Å². The van der Waals surface area contributed by atoms with Gasteiger partial charge in [-0.05, 0) is 31.0 Å². The van der Waals surface area contributed by atoms with Crippen LogP contribution in [0.3, 0.4) is 0 Å². The second-order valence-corrected chi connectivity index (χ2v) is 6.07. The van der Waals surface area contributed by atoms with E-state index >= 15 is 0 Å². The fraction of sp³-hybridized carbons (Fsp3) is 0.500. The molecule has 0 spiro atoms. The zero-order valence-corrected chi connectivity index (χ0v) is 12.5. The van der Waals surface area contributed by atoms with Gasteiger partial charge in [0, 0.05) is 23.1 Å². The van der Waals surface area contributed by atoms with E-state index in [0.29, 0.717) is 12.3 Å². The number of hydrogen-bond acceptors (Lipinski definition) is 3. The van der Waals surface area contributed by atoms with Crippen LogP contribution >= 0.6 is 0 Å². The largest absolute Gasteiger partial charge is 0.497 e. The molecule has 0 aliphatic carbocycles. The van der Waals surface area contributed by atoms with Crippen LogP contribution in [0.15, 0.2) is 24.3 Å². The van der Waals surface area contributed by atoms with E-state index in [-0.39, 0.29) is 5.91 Å². The molecule has 0 fully saturated rings. The molecule has 0 aliphatic rings. The maximum Gasteiger partial charge on any atom is 0.235 e. The summed E-state index contributed by atoms with van der Waals surface area (Å²) in [6.45, 7) is 4.30. The molecule has 0 saturated heterocycles. The van der Waals surface area contributed by atoms with Crippen molar-refractivity contribution in [1.82, 2.24) is 5.32 Å². The molecule has 5 heteroatoms. The highest BCUT2D eigenvalue weighted by molar-refractivity contribution is 7.85. The molecule has 2 atom stereocenters. The van der Waals surface area contributed by atoms with Gasteiger partial charge in [-0.3, -0.25) is 9.00 Å². The molecule has 0 unspecified atom stereocenters. The molecule has 0 aliphatic heterocycles. The summed E-state index contributed by atoms with van der Waals surface area (Å²) < 4.78 is 17.2. The lowest BCUT2D eigenvalue weighted by atomic mass is 10.2. The molecule has 0 saturated carbocycles. The number of benzene rings is 1. The number of carbonyl (C=O) groups is 1. The van der Waals surface area contributed by atoms with Crippen molar-refractivity contribution in [2.45, 2.75) is 31.3 Å². The third-order valence-electron chi connectivity index (χ3n) is 2.76. The molecule has 4 nitrogen and oxygen atoms in total. The van der Waals surface area contributed by atoms with Crippen LogP contribution in [0.4, 0.5) is 0 Å². The van der Waals surface area contributed by atoms with Gasteiger partial charge in [-0.2, -0.15) is 0 Å². The van der Waals surface area contributed by atoms with Crippen LogP contribution in [-0.4, -0.2) is 29.0 Å². The quantitative estimate of drug-likeness (QED) is 0.831. The van der Waals surface area contributed by atoms with E-state index < -0.39 is 16.0 Å². The van der Waals surface area contributed by atoms with Crippen molar-refractivity contribution in [3.8, 4) is 5.75 Å². The third kappa shape index (κ3) is 5.03. The van der Waals surface area contributed by atoms with Crippen molar-refractivity contribution in [2.75, 3.05) is 13.7 Å². The van der Waals surface area contributed by atoms with Crippen LogP contribution in [0.1, 0.15) is 25.8 Å². The molecule has 1 aromatic carbocycles. The highest BCUT2D eigenvalue weighted by atomic mass is 32.2. The topological polar surface area (TPSA) is 55.4 Å². The molecule has 1 N–H and O–H groups in total. The Morgan fingerprint density at radius 3 is 2.84 bits per heavy atom. The van der Waals surface area contributed by atoms with E-state index in [1.54, 1.807) is 14.0 Å². The predicted molar refractivity (Wildman–Crippen MR) is 77.6 cm³/mol. The Labute approximate surface area is 117 Å². The van der Waals surface area contributed by atoms with Crippen molar-refractivity contribution < 1.29 is 13.7 Å². The number of nitrogens with one attached hydrogen (secondary N) is 1. The summed E-state index contributed by atoms with van der Waals surface area (Å²) in [7, 11) is 0.367. The highest BCUT2D eigenvalue weighted by Gasteiger charge is 2.19. The minimum absolute atomic E-state index is 0.150. The van der Waals surface area contributed by atoms with Crippen molar-refractivity contribution in [2.24, 2.45) is 0 Å². The second kappa shape index (κ2) is 7.94. The molecule has 0 aromatic heterocycles. The second-order valence-electron chi connectivity index (χ2n) is 4.31. The molecule has 1 amide bonds. The Kier molecular flexibility index (Phi) is 6.56. The van der Waals surface area contributed by atoms with Gasteiger partial charge < -0.3 is 10.1 Å². The molecule has 19 heavy (non-hydrogen) atoms. The summed E-state index contributed by atoms with van der Waals surface area (Å²) in [6, 6.07) is 7.42. The Hall–Kier alpha value is -1.36. The first-order valence-electron chi connectivity index (χ1n) is 6.36. The van der Waals surface area contributed by atoms with Gasteiger partial charge in [0.2, 0.25) is 5.91 Å². The molecule has 0 heterocycles. The average Bonchev–Trinajstić information content (AvgIpc) is 2.43. The van der Waals surface area contributed by atoms with Gasteiger partial charge in [0.05, 0.1) is 7.11 Å². The van der Waals surface area contributed by atoms with Gasteiger partial charge >= 0.3 is 0 Å². The van der Waals surface area contributed by atoms with Gasteiger partial charge in [-0.1, -0.05) is 19.1 Å². The first-order chi connectivity index (χ1) is 9.08. The number of methoxy groups -OCH3 is 1. The fourth-order valence-electron chi connectivity index (χ4n) is 1.56. The summed E-state index contributed by atoms with van der Waals surface area (Å²) in [5.41, 5.74) is 0.910. The Morgan fingerprint density at radius 2 is 2.21 bits per heavy atom. The third-order valence-corrected chi connectivity index (χ3v) is 4.38. The van der Waals surface area contributed by atoms with Gasteiger partial charge in [0.1, 0.15) is 11.0 Å². The predicted octanol–water partition coefficient (Wildman–Crippen LogP) is 1.86. The van der Waals surface area contributed by atoms with Crippen molar-refractivity contribution in [1.29, 1.82) is 0 Å². The molecular weight excluding hydrogens is 262 g/mol. The lowest BCUT2D eigenvalue weighted by Gasteiger charge is -2.12. The zero-order chi connectivity index (χ0) is 14.3. The van der Waals surface area contributed by atoms with Crippen molar-refractivity contribution in [3.63, 3.8) is 0 Å². The summed E-state index contributed by atoms with van der Waals surface area (Å²) >= 11 is 0. The van der Waals surface area contributed by atoms with E-state index in [1.165, 1.54) is 0 Å². The molecule has 1 rings (SSSR count). The summed E-state index contributed by atoms with van der Waals surface area (Å²) in [6.07, 6.45) is 0.876. The van der Waals surface area contributed by atoms with Gasteiger partial charge in [-0.25, -0.2) is 0 Å². The van der Waals surface area contributed by atoms with E-state index in [0.717, 1.165) is 17.7 Å². The minimum Gasteiger partial charge on any atom is -0.497 e. The Morgan fingerprint density at radius 1 is 1.47 bits per heavy atom. The normalized spacial score (nSPS) is 13.6. The van der Waals surface area contributed by atoms with E-state index in [4.69, 9.17) is 4.74 Å². The number of rotatable bonds is 7. The van der Waals surface area contributed by atoms with Crippen LogP contribution in [0.25, 0.3) is 0 Å². The molecule has 106 valence electrons. The highest BCUT2D eigenvalue weighted by Crippen LogP contribution is 2.15. The van der Waals surface area contributed by atoms with Crippen LogP contribution in [0, 0.1) is 0 Å². The van der Waals surface area contributed by atoms with Gasteiger partial charge in [0.25, 0.3) is 0 Å². The number of hydrogen-bond donors (Lipinski definition) is 1. The van der Waals surface area contributed by atoms with E-state index in [9.17, 15) is 9.00 Å². The van der Waals surface area contributed by atoms with Gasteiger partial charge in [-0.15, -0.1) is 0 Å². The summed E-state index contributed by atoms with van der Waals surface area (Å²) in [5, 5.41) is 2.26. The smallest absolute Gasteiger partial charge is 0.235 e.